The Bertz CT molecular complexity index is 897. The van der Waals surface area contributed by atoms with E-state index in [9.17, 15) is 8.42 Å². The average Bonchev–Trinajstić information content (AvgIpc) is 3.18. The third-order valence-electron chi connectivity index (χ3n) is 3.79. The number of rotatable bonds is 9. The van der Waals surface area contributed by atoms with Gasteiger partial charge in [0.15, 0.2) is 27.1 Å². The predicted molar refractivity (Wildman–Crippen MR) is 92.7 cm³/mol. The molecule has 0 bridgehead atoms. The summed E-state index contributed by atoms with van der Waals surface area (Å²) in [6.07, 6.45) is 3.59. The molecule has 1 aromatic carbocycles. The normalized spacial score (nSPS) is 12.0. The van der Waals surface area contributed by atoms with Gasteiger partial charge in [-0.25, -0.2) is 13.4 Å². The van der Waals surface area contributed by atoms with Gasteiger partial charge in [-0.05, 0) is 25.0 Å². The fourth-order valence-corrected chi connectivity index (χ4v) is 3.74. The van der Waals surface area contributed by atoms with Gasteiger partial charge in [0.2, 0.25) is 5.89 Å². The molecule has 0 spiro atoms. The zero-order valence-electron chi connectivity index (χ0n) is 14.1. The van der Waals surface area contributed by atoms with Crippen LogP contribution < -0.4 is 0 Å². The van der Waals surface area contributed by atoms with E-state index >= 15 is 0 Å². The van der Waals surface area contributed by atoms with Gasteiger partial charge in [0.05, 0.1) is 5.75 Å². The number of hydrogen-bond acceptors (Lipinski definition) is 7. The minimum atomic E-state index is -3.31. The van der Waals surface area contributed by atoms with Crippen molar-refractivity contribution >= 4 is 20.9 Å². The van der Waals surface area contributed by atoms with Crippen molar-refractivity contribution in [2.75, 3.05) is 5.75 Å². The summed E-state index contributed by atoms with van der Waals surface area (Å²) in [5.41, 5.74) is 1.50. The maximum Gasteiger partial charge on any atom is 0.241 e. The number of nitrogens with zero attached hydrogens (tertiary/aromatic N) is 3. The molecule has 3 rings (SSSR count). The van der Waals surface area contributed by atoms with Crippen LogP contribution >= 0.6 is 0 Å². The number of aryl methyl sites for hydroxylation is 2. The highest BCUT2D eigenvalue weighted by Gasteiger charge is 2.18. The Morgan fingerprint density at radius 3 is 2.68 bits per heavy atom. The van der Waals surface area contributed by atoms with Crippen LogP contribution in [0.25, 0.3) is 11.1 Å². The van der Waals surface area contributed by atoms with Gasteiger partial charge in [0.25, 0.3) is 0 Å². The first kappa shape index (κ1) is 17.6. The van der Waals surface area contributed by atoms with Crippen molar-refractivity contribution in [3.8, 4) is 0 Å². The molecular weight excluding hydrogens is 342 g/mol. The highest BCUT2D eigenvalue weighted by Crippen LogP contribution is 2.16. The monoisotopic (exact) mass is 363 g/mol. The molecule has 25 heavy (non-hydrogen) atoms. The summed E-state index contributed by atoms with van der Waals surface area (Å²) < 4.78 is 35.0. The average molecular weight is 363 g/mol. The molecule has 2 aromatic heterocycles. The summed E-state index contributed by atoms with van der Waals surface area (Å²) in [5, 5.41) is 3.81. The van der Waals surface area contributed by atoms with Gasteiger partial charge < -0.3 is 8.94 Å². The fourth-order valence-electron chi connectivity index (χ4n) is 2.52. The number of unbranched alkanes of at least 4 members (excludes halogenated alkanes) is 1. The molecule has 2 heterocycles. The van der Waals surface area contributed by atoms with E-state index < -0.39 is 9.84 Å². The molecule has 134 valence electrons. The number of oxazole rings is 1. The summed E-state index contributed by atoms with van der Waals surface area (Å²) in [4.78, 5) is 8.49. The van der Waals surface area contributed by atoms with Crippen LogP contribution in [0, 0.1) is 0 Å². The Labute approximate surface area is 146 Å². The van der Waals surface area contributed by atoms with Gasteiger partial charge in [-0.15, -0.1) is 0 Å². The number of fused-ring (bicyclic) bond motifs is 1. The van der Waals surface area contributed by atoms with Crippen molar-refractivity contribution < 1.29 is 17.4 Å². The summed E-state index contributed by atoms with van der Waals surface area (Å²) in [6, 6.07) is 7.47. The fraction of sp³-hybridized carbons (Fsp3) is 0.471. The van der Waals surface area contributed by atoms with E-state index in [2.05, 4.69) is 22.0 Å². The molecule has 0 aliphatic rings. The molecule has 0 fully saturated rings. The molecule has 0 radical (unpaired) electrons. The topological polar surface area (TPSA) is 99.1 Å². The molecular formula is C17H21N3O4S. The van der Waals surface area contributed by atoms with Crippen molar-refractivity contribution in [3.63, 3.8) is 0 Å². The quantitative estimate of drug-likeness (QED) is 0.576. The van der Waals surface area contributed by atoms with Gasteiger partial charge in [0.1, 0.15) is 11.3 Å². The van der Waals surface area contributed by atoms with Crippen LogP contribution in [0.5, 0.6) is 0 Å². The number of benzene rings is 1. The van der Waals surface area contributed by atoms with Gasteiger partial charge in [-0.1, -0.05) is 30.6 Å². The minimum Gasteiger partial charge on any atom is -0.441 e. The second kappa shape index (κ2) is 7.77. The van der Waals surface area contributed by atoms with Gasteiger partial charge >= 0.3 is 0 Å². The van der Waals surface area contributed by atoms with Crippen molar-refractivity contribution in [2.24, 2.45) is 0 Å². The molecule has 0 aliphatic heterocycles. The second-order valence-corrected chi connectivity index (χ2v) is 8.16. The SMILES string of the molecule is CCCCc1noc(CS(=O)(=O)CCCc2nc3ccccc3o2)n1. The van der Waals surface area contributed by atoms with Crippen LogP contribution in [0.3, 0.4) is 0 Å². The Morgan fingerprint density at radius 1 is 1.04 bits per heavy atom. The van der Waals surface area contributed by atoms with E-state index in [1.54, 1.807) is 0 Å². The zero-order valence-corrected chi connectivity index (χ0v) is 15.0. The number of hydrogen-bond donors (Lipinski definition) is 0. The van der Waals surface area contributed by atoms with E-state index in [0.29, 0.717) is 36.6 Å². The third-order valence-corrected chi connectivity index (χ3v) is 5.39. The largest absolute Gasteiger partial charge is 0.441 e. The van der Waals surface area contributed by atoms with E-state index in [0.717, 1.165) is 18.4 Å². The van der Waals surface area contributed by atoms with Crippen LogP contribution in [0.15, 0.2) is 33.2 Å². The van der Waals surface area contributed by atoms with Crippen LogP contribution in [0.2, 0.25) is 0 Å². The standard InChI is InChI=1S/C17H21N3O4S/c1-2-3-9-15-19-17(24-20-15)12-25(21,22)11-6-10-16-18-13-7-4-5-8-14(13)23-16/h4-5,7-8H,2-3,6,9-12H2,1H3. The first-order chi connectivity index (χ1) is 12.1. The van der Waals surface area contributed by atoms with E-state index in [1.165, 1.54) is 0 Å². The number of sulfone groups is 1. The molecule has 0 saturated heterocycles. The van der Waals surface area contributed by atoms with Gasteiger partial charge in [0, 0.05) is 12.8 Å². The van der Waals surface area contributed by atoms with Crippen molar-refractivity contribution in [1.82, 2.24) is 15.1 Å². The maximum absolute atomic E-state index is 12.2. The van der Waals surface area contributed by atoms with Gasteiger partial charge in [-0.3, -0.25) is 0 Å². The van der Waals surface area contributed by atoms with Crippen molar-refractivity contribution in [2.45, 2.75) is 44.8 Å². The lowest BCUT2D eigenvalue weighted by Gasteiger charge is -1.99. The zero-order chi connectivity index (χ0) is 17.7. The molecule has 8 heteroatoms. The molecule has 0 saturated carbocycles. The molecule has 7 nitrogen and oxygen atoms in total. The Morgan fingerprint density at radius 2 is 1.88 bits per heavy atom. The number of para-hydroxylation sites is 2. The summed E-state index contributed by atoms with van der Waals surface area (Å²) in [5.74, 6) is 1.08. The van der Waals surface area contributed by atoms with Crippen molar-refractivity contribution in [1.29, 1.82) is 0 Å². The summed E-state index contributed by atoms with van der Waals surface area (Å²) >= 11 is 0. The predicted octanol–water partition coefficient (Wildman–Crippen LogP) is 3.10. The highest BCUT2D eigenvalue weighted by atomic mass is 32.2. The molecule has 0 unspecified atom stereocenters. The maximum atomic E-state index is 12.2. The van der Waals surface area contributed by atoms with Crippen LogP contribution in [0.1, 0.15) is 43.8 Å². The lowest BCUT2D eigenvalue weighted by atomic mass is 10.2. The van der Waals surface area contributed by atoms with Crippen LogP contribution in [0.4, 0.5) is 0 Å². The highest BCUT2D eigenvalue weighted by molar-refractivity contribution is 7.90. The Kier molecular flexibility index (Phi) is 5.47. The van der Waals surface area contributed by atoms with Crippen molar-refractivity contribution in [3.05, 3.63) is 41.9 Å². The van der Waals surface area contributed by atoms with E-state index in [1.807, 2.05) is 24.3 Å². The van der Waals surface area contributed by atoms with Crippen LogP contribution in [-0.4, -0.2) is 29.3 Å². The second-order valence-electron chi connectivity index (χ2n) is 5.98. The Hall–Kier alpha value is -2.22. The van der Waals surface area contributed by atoms with E-state index in [-0.39, 0.29) is 17.4 Å². The smallest absolute Gasteiger partial charge is 0.241 e. The molecule has 3 aromatic rings. The first-order valence-electron chi connectivity index (χ1n) is 8.42. The lowest BCUT2D eigenvalue weighted by molar-refractivity contribution is 0.382. The third kappa shape index (κ3) is 4.88. The number of aromatic nitrogens is 3. The minimum absolute atomic E-state index is 0.0262. The Balaban J connectivity index is 1.52. The summed E-state index contributed by atoms with van der Waals surface area (Å²) in [6.45, 7) is 2.07. The molecule has 0 amide bonds. The van der Waals surface area contributed by atoms with Crippen LogP contribution in [-0.2, 0) is 28.4 Å². The first-order valence-corrected chi connectivity index (χ1v) is 10.2. The van der Waals surface area contributed by atoms with Gasteiger partial charge in [-0.2, -0.15) is 4.98 Å². The summed E-state index contributed by atoms with van der Waals surface area (Å²) in [7, 11) is -3.31. The molecule has 0 atom stereocenters. The lowest BCUT2D eigenvalue weighted by Crippen LogP contribution is -2.10. The van der Waals surface area contributed by atoms with E-state index in [4.69, 9.17) is 8.94 Å². The molecule has 0 aliphatic carbocycles. The molecule has 0 N–H and O–H groups in total.